The zero-order valence-corrected chi connectivity index (χ0v) is 15.1. The van der Waals surface area contributed by atoms with Gasteiger partial charge in [-0.25, -0.2) is 0 Å². The lowest BCUT2D eigenvalue weighted by Crippen LogP contribution is -1.88. The largest absolute Gasteiger partial charge is 0.419 e. The van der Waals surface area contributed by atoms with Crippen molar-refractivity contribution in [3.05, 3.63) is 66.1 Å². The second-order valence-corrected chi connectivity index (χ2v) is 7.10. The van der Waals surface area contributed by atoms with Crippen LogP contribution in [0.1, 0.15) is 23.6 Å². The van der Waals surface area contributed by atoms with Crippen LogP contribution in [0, 0.1) is 6.92 Å². The molecular weight excluding hydrogens is 348 g/mol. The topological polar surface area (TPSA) is 77.8 Å². The lowest BCUT2D eigenvalue weighted by molar-refractivity contribution is 0.461. The highest BCUT2D eigenvalue weighted by molar-refractivity contribution is 7.99. The normalized spacial score (nSPS) is 12.2. The standard InChI is InChI=1S/C19H16N4O2S/c1-12-8-10-15(11-9-12)17-21-20-16(24-17)13(2)26-19-23-22-18(25-19)14-6-4-3-5-7-14/h3-11,13H,1-2H3/t13-/m1/s1. The average Bonchev–Trinajstić information content (AvgIpc) is 3.33. The van der Waals surface area contributed by atoms with Crippen LogP contribution in [0.3, 0.4) is 0 Å². The molecule has 0 aliphatic heterocycles. The van der Waals surface area contributed by atoms with Gasteiger partial charge >= 0.3 is 0 Å². The maximum absolute atomic E-state index is 5.80. The maximum Gasteiger partial charge on any atom is 0.277 e. The number of thioether (sulfide) groups is 1. The zero-order chi connectivity index (χ0) is 17.9. The van der Waals surface area contributed by atoms with Gasteiger partial charge in [0.2, 0.25) is 17.7 Å². The highest BCUT2D eigenvalue weighted by Gasteiger charge is 2.19. The van der Waals surface area contributed by atoms with Crippen molar-refractivity contribution in [1.82, 2.24) is 20.4 Å². The predicted octanol–water partition coefficient (Wildman–Crippen LogP) is 4.95. The van der Waals surface area contributed by atoms with Crippen LogP contribution in [0.2, 0.25) is 0 Å². The van der Waals surface area contributed by atoms with Crippen LogP contribution in [0.5, 0.6) is 0 Å². The minimum atomic E-state index is -0.106. The van der Waals surface area contributed by atoms with E-state index in [9.17, 15) is 0 Å². The Labute approximate surface area is 154 Å². The van der Waals surface area contributed by atoms with E-state index in [1.807, 2.05) is 68.4 Å². The Hall–Kier alpha value is -2.93. The van der Waals surface area contributed by atoms with Crippen LogP contribution in [0.25, 0.3) is 22.9 Å². The Morgan fingerprint density at radius 2 is 1.42 bits per heavy atom. The van der Waals surface area contributed by atoms with Gasteiger partial charge < -0.3 is 8.83 Å². The molecule has 6 nitrogen and oxygen atoms in total. The van der Waals surface area contributed by atoms with E-state index in [1.54, 1.807) is 0 Å². The van der Waals surface area contributed by atoms with Crippen molar-refractivity contribution in [2.24, 2.45) is 0 Å². The van der Waals surface area contributed by atoms with Crippen molar-refractivity contribution < 1.29 is 8.83 Å². The summed E-state index contributed by atoms with van der Waals surface area (Å²) in [5, 5.41) is 16.8. The number of benzene rings is 2. The zero-order valence-electron chi connectivity index (χ0n) is 14.3. The minimum absolute atomic E-state index is 0.106. The lowest BCUT2D eigenvalue weighted by Gasteiger charge is -2.01. The molecule has 0 fully saturated rings. The second kappa shape index (κ2) is 7.13. The van der Waals surface area contributed by atoms with E-state index < -0.39 is 0 Å². The number of aryl methyl sites for hydroxylation is 1. The van der Waals surface area contributed by atoms with Gasteiger partial charge in [-0.3, -0.25) is 0 Å². The summed E-state index contributed by atoms with van der Waals surface area (Å²) < 4.78 is 11.5. The predicted molar refractivity (Wildman–Crippen MR) is 98.5 cm³/mol. The molecule has 2 heterocycles. The summed E-state index contributed by atoms with van der Waals surface area (Å²) >= 11 is 1.39. The molecule has 1 atom stereocenters. The summed E-state index contributed by atoms with van der Waals surface area (Å²) in [6.45, 7) is 4.00. The van der Waals surface area contributed by atoms with Crippen molar-refractivity contribution in [1.29, 1.82) is 0 Å². The molecule has 130 valence electrons. The second-order valence-electron chi connectivity index (χ2n) is 5.81. The molecule has 7 heteroatoms. The first-order valence-corrected chi connectivity index (χ1v) is 9.03. The fourth-order valence-electron chi connectivity index (χ4n) is 2.37. The summed E-state index contributed by atoms with van der Waals surface area (Å²) in [5.41, 5.74) is 2.97. The van der Waals surface area contributed by atoms with Gasteiger partial charge in [0, 0.05) is 11.1 Å². The van der Waals surface area contributed by atoms with Crippen LogP contribution in [-0.2, 0) is 0 Å². The van der Waals surface area contributed by atoms with Crippen molar-refractivity contribution in [2.75, 3.05) is 0 Å². The molecular formula is C19H16N4O2S. The van der Waals surface area contributed by atoms with Crippen LogP contribution in [0.4, 0.5) is 0 Å². The molecule has 0 unspecified atom stereocenters. The third-order valence-electron chi connectivity index (χ3n) is 3.79. The SMILES string of the molecule is Cc1ccc(-c2nnc([C@@H](C)Sc3nnc(-c4ccccc4)o3)o2)cc1. The number of aromatic nitrogens is 4. The summed E-state index contributed by atoms with van der Waals surface area (Å²) in [6.07, 6.45) is 0. The molecule has 2 aromatic carbocycles. The maximum atomic E-state index is 5.80. The monoisotopic (exact) mass is 364 g/mol. The summed E-state index contributed by atoms with van der Waals surface area (Å²) in [5.74, 6) is 1.51. The van der Waals surface area contributed by atoms with Crippen molar-refractivity contribution in [3.63, 3.8) is 0 Å². The molecule has 0 saturated heterocycles. The van der Waals surface area contributed by atoms with Gasteiger partial charge in [-0.2, -0.15) is 0 Å². The van der Waals surface area contributed by atoms with Gasteiger partial charge in [-0.05, 0) is 38.1 Å². The fraction of sp³-hybridized carbons (Fsp3) is 0.158. The number of rotatable bonds is 5. The van der Waals surface area contributed by atoms with E-state index in [2.05, 4.69) is 20.4 Å². The van der Waals surface area contributed by atoms with E-state index in [4.69, 9.17) is 8.83 Å². The first kappa shape index (κ1) is 16.5. The van der Waals surface area contributed by atoms with Crippen molar-refractivity contribution in [2.45, 2.75) is 24.3 Å². The van der Waals surface area contributed by atoms with Crippen molar-refractivity contribution in [3.8, 4) is 22.9 Å². The summed E-state index contributed by atoms with van der Waals surface area (Å²) in [7, 11) is 0. The molecule has 0 amide bonds. The quantitative estimate of drug-likeness (QED) is 0.464. The van der Waals surface area contributed by atoms with E-state index in [0.29, 0.717) is 22.9 Å². The van der Waals surface area contributed by atoms with Crippen LogP contribution >= 0.6 is 11.8 Å². The van der Waals surface area contributed by atoms with E-state index in [-0.39, 0.29) is 5.25 Å². The van der Waals surface area contributed by atoms with Gasteiger partial charge in [-0.1, -0.05) is 47.7 Å². The van der Waals surface area contributed by atoms with Gasteiger partial charge in [0.05, 0.1) is 5.25 Å². The lowest BCUT2D eigenvalue weighted by atomic mass is 10.1. The van der Waals surface area contributed by atoms with Gasteiger partial charge in [0.25, 0.3) is 5.22 Å². The molecule has 26 heavy (non-hydrogen) atoms. The van der Waals surface area contributed by atoms with Crippen molar-refractivity contribution >= 4 is 11.8 Å². The van der Waals surface area contributed by atoms with E-state index >= 15 is 0 Å². The third kappa shape index (κ3) is 3.52. The average molecular weight is 364 g/mol. The Bertz CT molecular complexity index is 996. The number of hydrogen-bond acceptors (Lipinski definition) is 7. The molecule has 2 aromatic heterocycles. The number of nitrogens with zero attached hydrogens (tertiary/aromatic N) is 4. The van der Waals surface area contributed by atoms with Crippen LogP contribution in [0.15, 0.2) is 68.7 Å². The molecule has 0 radical (unpaired) electrons. The van der Waals surface area contributed by atoms with E-state index in [1.165, 1.54) is 17.3 Å². The summed E-state index contributed by atoms with van der Waals surface area (Å²) in [4.78, 5) is 0. The fourth-order valence-corrected chi connectivity index (χ4v) is 3.08. The smallest absolute Gasteiger partial charge is 0.277 e. The Balaban J connectivity index is 1.48. The first-order valence-electron chi connectivity index (χ1n) is 8.15. The Kier molecular flexibility index (Phi) is 4.53. The molecule has 0 bridgehead atoms. The highest BCUT2D eigenvalue weighted by Crippen LogP contribution is 2.35. The van der Waals surface area contributed by atoms with E-state index in [0.717, 1.165) is 11.1 Å². The molecule has 4 aromatic rings. The molecule has 0 saturated carbocycles. The molecule has 0 aliphatic rings. The molecule has 0 N–H and O–H groups in total. The molecule has 0 spiro atoms. The third-order valence-corrected chi connectivity index (χ3v) is 4.71. The Morgan fingerprint density at radius 3 is 2.19 bits per heavy atom. The molecule has 4 rings (SSSR count). The van der Waals surface area contributed by atoms with Gasteiger partial charge in [0.15, 0.2) is 0 Å². The van der Waals surface area contributed by atoms with Gasteiger partial charge in [-0.15, -0.1) is 20.4 Å². The first-order chi connectivity index (χ1) is 12.7. The number of hydrogen-bond donors (Lipinski definition) is 0. The Morgan fingerprint density at radius 1 is 0.769 bits per heavy atom. The highest BCUT2D eigenvalue weighted by atomic mass is 32.2. The van der Waals surface area contributed by atoms with Gasteiger partial charge in [0.1, 0.15) is 0 Å². The van der Waals surface area contributed by atoms with Crippen LogP contribution < -0.4 is 0 Å². The van der Waals surface area contributed by atoms with Crippen LogP contribution in [-0.4, -0.2) is 20.4 Å². The minimum Gasteiger partial charge on any atom is -0.419 e. The molecule has 0 aliphatic carbocycles. The summed E-state index contributed by atoms with van der Waals surface area (Å²) in [6, 6.07) is 17.6.